The molecule has 0 fully saturated rings. The molecule has 9 aromatic rings. The molecule has 0 bridgehead atoms. The Balaban J connectivity index is 1.19. The molecule has 1 aliphatic rings. The van der Waals surface area contributed by atoms with Crippen molar-refractivity contribution >= 4 is 27.6 Å². The molecule has 7 aromatic carbocycles. The first-order chi connectivity index (χ1) is 25.2. The van der Waals surface area contributed by atoms with E-state index >= 15 is 0 Å². The van der Waals surface area contributed by atoms with Crippen LogP contribution in [0, 0.1) is 0 Å². The summed E-state index contributed by atoms with van der Waals surface area (Å²) in [5, 5.41) is 2.34. The van der Waals surface area contributed by atoms with Crippen molar-refractivity contribution in [2.45, 2.75) is 0 Å². The van der Waals surface area contributed by atoms with Crippen LogP contribution in [0.4, 0.5) is 0 Å². The number of fused-ring (bicyclic) bond motifs is 6. The van der Waals surface area contributed by atoms with Gasteiger partial charge < -0.3 is 4.57 Å². The van der Waals surface area contributed by atoms with E-state index in [-0.39, 0.29) is 5.78 Å². The highest BCUT2D eigenvalue weighted by atomic mass is 16.1. The zero-order valence-corrected chi connectivity index (χ0v) is 27.4. The summed E-state index contributed by atoms with van der Waals surface area (Å²) in [7, 11) is 0. The van der Waals surface area contributed by atoms with Crippen LogP contribution in [0.5, 0.6) is 0 Å². The molecule has 10 rings (SSSR count). The second-order valence-electron chi connectivity index (χ2n) is 12.7. The van der Waals surface area contributed by atoms with Crippen LogP contribution in [0.3, 0.4) is 0 Å². The third kappa shape index (κ3) is 4.63. The SMILES string of the molecule is O=C1c2ccccc2-c2ccc(-n3c4ccccc4c4ccccc43)c(-c3ccc(-c4nc(-c5ccccc5)nc(-c5ccccc5)n4)cc3)c21. The lowest BCUT2D eigenvalue weighted by Gasteiger charge is -2.18. The van der Waals surface area contributed by atoms with Crippen LogP contribution in [0.2, 0.25) is 0 Å². The van der Waals surface area contributed by atoms with Gasteiger partial charge in [0.2, 0.25) is 0 Å². The number of hydrogen-bond acceptors (Lipinski definition) is 4. The van der Waals surface area contributed by atoms with Gasteiger partial charge >= 0.3 is 0 Å². The Morgan fingerprint density at radius 3 is 1.37 bits per heavy atom. The molecule has 5 nitrogen and oxygen atoms in total. The van der Waals surface area contributed by atoms with E-state index in [9.17, 15) is 4.79 Å². The number of carbonyl (C=O) groups is 1. The van der Waals surface area contributed by atoms with Crippen molar-refractivity contribution in [3.05, 3.63) is 181 Å². The van der Waals surface area contributed by atoms with Gasteiger partial charge in [0.05, 0.1) is 16.7 Å². The number of para-hydroxylation sites is 2. The third-order valence-electron chi connectivity index (χ3n) is 9.82. The van der Waals surface area contributed by atoms with Crippen LogP contribution in [-0.4, -0.2) is 25.3 Å². The highest BCUT2D eigenvalue weighted by Gasteiger charge is 2.32. The van der Waals surface area contributed by atoms with E-state index in [1.165, 1.54) is 10.8 Å². The van der Waals surface area contributed by atoms with Gasteiger partial charge in [-0.25, -0.2) is 15.0 Å². The molecule has 0 atom stereocenters. The number of carbonyl (C=O) groups excluding carboxylic acids is 1. The van der Waals surface area contributed by atoms with E-state index in [1.807, 2.05) is 84.9 Å². The van der Waals surface area contributed by atoms with Crippen LogP contribution in [0.1, 0.15) is 15.9 Å². The maximum Gasteiger partial charge on any atom is 0.194 e. The van der Waals surface area contributed by atoms with Crippen molar-refractivity contribution in [3.8, 4) is 62.1 Å². The lowest BCUT2D eigenvalue weighted by atomic mass is 9.92. The molecule has 0 radical (unpaired) electrons. The van der Waals surface area contributed by atoms with E-state index < -0.39 is 0 Å². The molecule has 0 amide bonds. The molecule has 0 N–H and O–H groups in total. The standard InChI is InChI=1S/C46H28N4O/c51-43-37-20-8-7-17-33(37)36-27-28-40(50-38-21-11-9-18-34(38)35-19-10-12-22-39(35)50)41(42(36)43)29-23-25-32(26-24-29)46-48-44(30-13-3-1-4-14-30)47-45(49-46)31-15-5-2-6-16-31/h1-28H. The molecule has 0 saturated carbocycles. The van der Waals surface area contributed by atoms with Crippen LogP contribution < -0.4 is 0 Å². The quantitative estimate of drug-likeness (QED) is 0.186. The minimum absolute atomic E-state index is 0.0415. The van der Waals surface area contributed by atoms with Gasteiger partial charge in [-0.2, -0.15) is 0 Å². The van der Waals surface area contributed by atoms with Crippen LogP contribution >= 0.6 is 0 Å². The lowest BCUT2D eigenvalue weighted by Crippen LogP contribution is -2.04. The Kier molecular flexibility index (Phi) is 6.58. The van der Waals surface area contributed by atoms with E-state index in [0.29, 0.717) is 17.5 Å². The van der Waals surface area contributed by atoms with Crippen molar-refractivity contribution in [2.75, 3.05) is 0 Å². The minimum atomic E-state index is 0.0415. The van der Waals surface area contributed by atoms with Gasteiger partial charge in [0.15, 0.2) is 23.3 Å². The van der Waals surface area contributed by atoms with Crippen molar-refractivity contribution in [1.29, 1.82) is 0 Å². The predicted octanol–water partition coefficient (Wildman–Crippen LogP) is 10.8. The van der Waals surface area contributed by atoms with Gasteiger partial charge in [0.1, 0.15) is 0 Å². The van der Waals surface area contributed by atoms with Crippen molar-refractivity contribution in [2.24, 2.45) is 0 Å². The number of aromatic nitrogens is 4. The fourth-order valence-electron chi connectivity index (χ4n) is 7.49. The molecule has 0 saturated heterocycles. The number of nitrogens with zero attached hydrogens (tertiary/aromatic N) is 4. The maximum absolute atomic E-state index is 14.3. The summed E-state index contributed by atoms with van der Waals surface area (Å²) < 4.78 is 2.30. The van der Waals surface area contributed by atoms with Gasteiger partial charge in [-0.1, -0.05) is 152 Å². The molecular formula is C46H28N4O. The summed E-state index contributed by atoms with van der Waals surface area (Å²) in [5.41, 5.74) is 11.1. The first-order valence-electron chi connectivity index (χ1n) is 17.0. The molecular weight excluding hydrogens is 625 g/mol. The van der Waals surface area contributed by atoms with Gasteiger partial charge in [-0.05, 0) is 34.9 Å². The number of ketones is 1. The molecule has 2 aromatic heterocycles. The Bertz CT molecular complexity index is 2690. The predicted molar refractivity (Wildman–Crippen MR) is 205 cm³/mol. The van der Waals surface area contributed by atoms with Crippen LogP contribution in [-0.2, 0) is 0 Å². The number of benzene rings is 7. The van der Waals surface area contributed by atoms with Gasteiger partial charge in [0.25, 0.3) is 0 Å². The second-order valence-corrected chi connectivity index (χ2v) is 12.7. The largest absolute Gasteiger partial charge is 0.309 e. The molecule has 2 heterocycles. The molecule has 238 valence electrons. The zero-order chi connectivity index (χ0) is 33.9. The molecule has 5 heteroatoms. The molecule has 1 aliphatic carbocycles. The van der Waals surface area contributed by atoms with E-state index in [0.717, 1.165) is 66.8 Å². The van der Waals surface area contributed by atoms with Crippen molar-refractivity contribution in [3.63, 3.8) is 0 Å². The van der Waals surface area contributed by atoms with Gasteiger partial charge in [0, 0.05) is 44.2 Å². The molecule has 51 heavy (non-hydrogen) atoms. The average Bonchev–Trinajstić information content (AvgIpc) is 3.70. The maximum atomic E-state index is 14.3. The van der Waals surface area contributed by atoms with E-state index in [1.54, 1.807) is 0 Å². The second kappa shape index (κ2) is 11.6. The Morgan fingerprint density at radius 1 is 0.353 bits per heavy atom. The molecule has 0 unspecified atom stereocenters. The summed E-state index contributed by atoms with van der Waals surface area (Å²) in [5.74, 6) is 1.85. The highest BCUT2D eigenvalue weighted by Crippen LogP contribution is 2.46. The first-order valence-corrected chi connectivity index (χ1v) is 17.0. The van der Waals surface area contributed by atoms with E-state index in [4.69, 9.17) is 15.0 Å². The summed E-state index contributed by atoms with van der Waals surface area (Å²) in [6.07, 6.45) is 0. The van der Waals surface area contributed by atoms with Gasteiger partial charge in [-0.3, -0.25) is 4.79 Å². The topological polar surface area (TPSA) is 60.7 Å². The fraction of sp³-hybridized carbons (Fsp3) is 0. The van der Waals surface area contributed by atoms with Gasteiger partial charge in [-0.15, -0.1) is 0 Å². The van der Waals surface area contributed by atoms with Crippen molar-refractivity contribution in [1.82, 2.24) is 19.5 Å². The normalized spacial score (nSPS) is 12.0. The summed E-state index contributed by atoms with van der Waals surface area (Å²) in [6.45, 7) is 0. The summed E-state index contributed by atoms with van der Waals surface area (Å²) >= 11 is 0. The van der Waals surface area contributed by atoms with E-state index in [2.05, 4.69) is 89.5 Å². The highest BCUT2D eigenvalue weighted by molar-refractivity contribution is 6.25. The Morgan fingerprint density at radius 2 is 0.804 bits per heavy atom. The number of rotatable bonds is 5. The Hall–Kier alpha value is -6.98. The summed E-state index contributed by atoms with van der Waals surface area (Å²) in [6, 6.07) is 57.4. The van der Waals surface area contributed by atoms with Crippen LogP contribution in [0.25, 0.3) is 83.9 Å². The minimum Gasteiger partial charge on any atom is -0.309 e. The zero-order valence-electron chi connectivity index (χ0n) is 27.4. The third-order valence-corrected chi connectivity index (χ3v) is 9.82. The smallest absolute Gasteiger partial charge is 0.194 e. The monoisotopic (exact) mass is 652 g/mol. The number of hydrogen-bond donors (Lipinski definition) is 0. The molecule has 0 aliphatic heterocycles. The Labute approximate surface area is 294 Å². The average molecular weight is 653 g/mol. The van der Waals surface area contributed by atoms with Crippen LogP contribution in [0.15, 0.2) is 170 Å². The van der Waals surface area contributed by atoms with Crippen molar-refractivity contribution < 1.29 is 4.79 Å². The summed E-state index contributed by atoms with van der Waals surface area (Å²) in [4.78, 5) is 29.1. The fourth-order valence-corrected chi connectivity index (χ4v) is 7.49. The first kappa shape index (κ1) is 29.0. The lowest BCUT2D eigenvalue weighted by molar-refractivity contribution is 0.104. The molecule has 0 spiro atoms.